The zero-order valence-electron chi connectivity index (χ0n) is 21.4. The van der Waals surface area contributed by atoms with Gasteiger partial charge < -0.3 is 5.32 Å². The molecule has 1 amide bonds. The van der Waals surface area contributed by atoms with E-state index < -0.39 is 27.7 Å². The fourth-order valence-corrected chi connectivity index (χ4v) is 6.06. The number of sulfonamides is 1. The largest absolute Gasteiger partial charge is 0.416 e. The molecule has 1 aliphatic heterocycles. The first-order chi connectivity index (χ1) is 19.0. The minimum atomic E-state index is -4.73. The van der Waals surface area contributed by atoms with Gasteiger partial charge >= 0.3 is 6.18 Å². The highest BCUT2D eigenvalue weighted by molar-refractivity contribution is 7.89. The quantitative estimate of drug-likeness (QED) is 0.321. The SMILES string of the molecule is Cc1ccc(C(=O)Nc2ccc(CN3CCCS3(=O)=O)c(C(F)(F)F)c2)cc1C#Cc1cncc2ccccc12. The van der Waals surface area contributed by atoms with Crippen LogP contribution in [0.2, 0.25) is 0 Å². The molecule has 1 saturated heterocycles. The van der Waals surface area contributed by atoms with Crippen LogP contribution in [0, 0.1) is 18.8 Å². The van der Waals surface area contributed by atoms with Crippen LogP contribution in [0.4, 0.5) is 18.9 Å². The van der Waals surface area contributed by atoms with E-state index in [9.17, 15) is 26.4 Å². The molecule has 0 atom stereocenters. The number of anilines is 1. The van der Waals surface area contributed by atoms with Crippen molar-refractivity contribution in [1.82, 2.24) is 9.29 Å². The summed E-state index contributed by atoms with van der Waals surface area (Å²) in [4.78, 5) is 17.2. The molecule has 0 aliphatic carbocycles. The van der Waals surface area contributed by atoms with Crippen LogP contribution >= 0.6 is 0 Å². The van der Waals surface area contributed by atoms with E-state index in [0.29, 0.717) is 12.0 Å². The van der Waals surface area contributed by atoms with Crippen molar-refractivity contribution >= 4 is 32.4 Å². The maximum atomic E-state index is 13.9. The summed E-state index contributed by atoms with van der Waals surface area (Å²) in [5, 5.41) is 4.42. The van der Waals surface area contributed by atoms with Crippen LogP contribution in [0.25, 0.3) is 10.8 Å². The molecule has 40 heavy (non-hydrogen) atoms. The molecule has 4 aromatic rings. The Morgan fingerprint density at radius 2 is 1.80 bits per heavy atom. The molecule has 1 fully saturated rings. The summed E-state index contributed by atoms with van der Waals surface area (Å²) < 4.78 is 66.9. The fraction of sp³-hybridized carbons (Fsp3) is 0.200. The van der Waals surface area contributed by atoms with Crippen molar-refractivity contribution in [3.05, 3.63) is 106 Å². The van der Waals surface area contributed by atoms with Gasteiger partial charge in [0.1, 0.15) is 0 Å². The van der Waals surface area contributed by atoms with E-state index >= 15 is 0 Å². The number of aromatic nitrogens is 1. The van der Waals surface area contributed by atoms with Crippen LogP contribution in [-0.2, 0) is 22.7 Å². The number of nitrogens with zero attached hydrogens (tertiary/aromatic N) is 2. The molecular weight excluding hydrogens is 539 g/mol. The van der Waals surface area contributed by atoms with Gasteiger partial charge in [0.05, 0.1) is 16.9 Å². The Labute approximate surface area is 229 Å². The Morgan fingerprint density at radius 3 is 2.55 bits per heavy atom. The number of aryl methyl sites for hydroxylation is 1. The molecule has 0 unspecified atom stereocenters. The molecule has 1 aliphatic rings. The van der Waals surface area contributed by atoms with Crippen molar-refractivity contribution in [2.75, 3.05) is 17.6 Å². The summed E-state index contributed by atoms with van der Waals surface area (Å²) in [5.41, 5.74) is 1.16. The number of halogens is 3. The van der Waals surface area contributed by atoms with Crippen molar-refractivity contribution < 1.29 is 26.4 Å². The number of hydrogen-bond donors (Lipinski definition) is 1. The third kappa shape index (κ3) is 5.86. The second-order valence-corrected chi connectivity index (χ2v) is 11.6. The van der Waals surface area contributed by atoms with Crippen molar-refractivity contribution in [2.24, 2.45) is 0 Å². The average molecular weight is 564 g/mol. The topological polar surface area (TPSA) is 79.4 Å². The number of carbonyl (C=O) groups excluding carboxylic acids is 1. The van der Waals surface area contributed by atoms with E-state index in [1.165, 1.54) is 12.1 Å². The summed E-state index contributed by atoms with van der Waals surface area (Å²) in [6.07, 6.45) is -0.938. The molecule has 10 heteroatoms. The monoisotopic (exact) mass is 563 g/mol. The molecular formula is C30H24F3N3O3S. The summed E-state index contributed by atoms with van der Waals surface area (Å²) in [5.74, 6) is 5.52. The smallest absolute Gasteiger partial charge is 0.322 e. The summed E-state index contributed by atoms with van der Waals surface area (Å²) >= 11 is 0. The maximum Gasteiger partial charge on any atom is 0.416 e. The normalized spacial score (nSPS) is 15.0. The minimum absolute atomic E-state index is 0.0552. The van der Waals surface area contributed by atoms with E-state index in [2.05, 4.69) is 22.1 Å². The number of amides is 1. The van der Waals surface area contributed by atoms with Crippen molar-refractivity contribution in [2.45, 2.75) is 26.1 Å². The predicted octanol–water partition coefficient (Wildman–Crippen LogP) is 5.75. The second kappa shape index (κ2) is 10.8. The fourth-order valence-electron chi connectivity index (χ4n) is 4.57. The Hall–Kier alpha value is -4.20. The Morgan fingerprint density at radius 1 is 1.02 bits per heavy atom. The predicted molar refractivity (Wildman–Crippen MR) is 147 cm³/mol. The minimum Gasteiger partial charge on any atom is -0.322 e. The van der Waals surface area contributed by atoms with Gasteiger partial charge in [0.2, 0.25) is 10.0 Å². The van der Waals surface area contributed by atoms with Crippen LogP contribution in [0.5, 0.6) is 0 Å². The standard InChI is InChI=1S/C30H24F3N3O3S/c1-20-7-8-22(15-21(20)9-10-24-18-34-17-23-5-2-3-6-27(23)24)29(37)35-26-12-11-25(28(16-26)30(31,32)33)19-36-13-4-14-40(36,38)39/h2-3,5-8,11-12,15-18H,4,13-14,19H2,1H3,(H,35,37). The number of benzene rings is 3. The van der Waals surface area contributed by atoms with Crippen LogP contribution in [-0.4, -0.2) is 35.9 Å². The molecule has 0 spiro atoms. The van der Waals surface area contributed by atoms with Crippen LogP contribution in [0.3, 0.4) is 0 Å². The first-order valence-corrected chi connectivity index (χ1v) is 14.1. The molecule has 6 nitrogen and oxygen atoms in total. The van der Waals surface area contributed by atoms with Gasteiger partial charge in [0, 0.05) is 53.1 Å². The Balaban J connectivity index is 1.39. The van der Waals surface area contributed by atoms with Gasteiger partial charge in [-0.3, -0.25) is 9.78 Å². The van der Waals surface area contributed by atoms with E-state index in [4.69, 9.17) is 0 Å². The number of carbonyl (C=O) groups is 1. The first kappa shape index (κ1) is 27.4. The number of alkyl halides is 3. The van der Waals surface area contributed by atoms with Crippen molar-refractivity contribution in [3.8, 4) is 11.8 Å². The maximum absolute atomic E-state index is 13.9. The highest BCUT2D eigenvalue weighted by atomic mass is 32.2. The zero-order chi connectivity index (χ0) is 28.5. The Bertz CT molecular complexity index is 1790. The van der Waals surface area contributed by atoms with E-state index in [1.54, 1.807) is 30.6 Å². The first-order valence-electron chi connectivity index (χ1n) is 12.5. The van der Waals surface area contributed by atoms with Gasteiger partial charge in [-0.15, -0.1) is 0 Å². The van der Waals surface area contributed by atoms with Crippen LogP contribution in [0.1, 0.15) is 44.6 Å². The summed E-state index contributed by atoms with van der Waals surface area (Å²) in [6.45, 7) is 1.65. The lowest BCUT2D eigenvalue weighted by atomic mass is 10.0. The van der Waals surface area contributed by atoms with Gasteiger partial charge in [-0.25, -0.2) is 8.42 Å². The number of rotatable bonds is 4. The van der Waals surface area contributed by atoms with E-state index in [1.807, 2.05) is 31.2 Å². The van der Waals surface area contributed by atoms with Crippen molar-refractivity contribution in [3.63, 3.8) is 0 Å². The van der Waals surface area contributed by atoms with E-state index in [0.717, 1.165) is 32.3 Å². The Kier molecular flexibility index (Phi) is 7.36. The average Bonchev–Trinajstić information content (AvgIpc) is 3.25. The summed E-state index contributed by atoms with van der Waals surface area (Å²) in [7, 11) is -3.57. The molecule has 1 N–H and O–H groups in total. The lowest BCUT2D eigenvalue weighted by Gasteiger charge is -2.19. The zero-order valence-corrected chi connectivity index (χ0v) is 22.2. The molecule has 2 heterocycles. The van der Waals surface area contributed by atoms with Crippen LogP contribution < -0.4 is 5.32 Å². The summed E-state index contributed by atoms with van der Waals surface area (Å²) in [6, 6.07) is 16.0. The lowest BCUT2D eigenvalue weighted by Crippen LogP contribution is -2.26. The number of hydrogen-bond acceptors (Lipinski definition) is 4. The molecule has 5 rings (SSSR count). The molecule has 0 radical (unpaired) electrons. The molecule has 3 aromatic carbocycles. The number of pyridine rings is 1. The van der Waals surface area contributed by atoms with Gasteiger partial charge in [0.25, 0.3) is 5.91 Å². The lowest BCUT2D eigenvalue weighted by molar-refractivity contribution is -0.138. The van der Waals surface area contributed by atoms with E-state index in [-0.39, 0.29) is 35.7 Å². The highest BCUT2D eigenvalue weighted by Crippen LogP contribution is 2.35. The van der Waals surface area contributed by atoms with Crippen molar-refractivity contribution in [1.29, 1.82) is 0 Å². The second-order valence-electron chi connectivity index (χ2n) is 9.51. The van der Waals surface area contributed by atoms with Gasteiger partial charge in [0.15, 0.2) is 0 Å². The molecule has 1 aromatic heterocycles. The van der Waals surface area contributed by atoms with Gasteiger partial charge in [-0.05, 0) is 48.7 Å². The number of fused-ring (bicyclic) bond motifs is 1. The van der Waals surface area contributed by atoms with Crippen LogP contribution in [0.15, 0.2) is 73.1 Å². The molecule has 204 valence electrons. The third-order valence-corrected chi connectivity index (χ3v) is 8.63. The molecule has 0 saturated carbocycles. The van der Waals surface area contributed by atoms with Gasteiger partial charge in [-0.2, -0.15) is 17.5 Å². The molecule has 0 bridgehead atoms. The third-order valence-electron chi connectivity index (χ3n) is 6.72. The van der Waals surface area contributed by atoms with Gasteiger partial charge in [-0.1, -0.05) is 48.2 Å². The highest BCUT2D eigenvalue weighted by Gasteiger charge is 2.36. The number of nitrogens with one attached hydrogen (secondary N) is 1.